The van der Waals surface area contributed by atoms with Crippen LogP contribution in [0.4, 0.5) is 0 Å². The van der Waals surface area contributed by atoms with Gasteiger partial charge in [-0.1, -0.05) is 12.2 Å². The highest BCUT2D eigenvalue weighted by molar-refractivity contribution is 5.36. The molecule has 0 saturated heterocycles. The molecule has 0 aromatic heterocycles. The minimum Gasteiger partial charge on any atom is -0.468 e. The molecule has 13 heavy (non-hydrogen) atoms. The van der Waals surface area contributed by atoms with Gasteiger partial charge < -0.3 is 9.84 Å². The molecule has 74 valence electrons. The van der Waals surface area contributed by atoms with E-state index in [0.717, 1.165) is 25.7 Å². The van der Waals surface area contributed by atoms with Gasteiger partial charge in [0.15, 0.2) is 0 Å². The van der Waals surface area contributed by atoms with Crippen molar-refractivity contribution >= 4 is 6.47 Å². The molecule has 0 radical (unpaired) electrons. The second-order valence-electron chi connectivity index (χ2n) is 3.45. The fraction of sp³-hybridized carbons (Fsp3) is 0.700. The Kier molecular flexibility index (Phi) is 4.54. The van der Waals surface area contributed by atoms with E-state index in [2.05, 4.69) is 0 Å². The highest BCUT2D eigenvalue weighted by Crippen LogP contribution is 2.18. The topological polar surface area (TPSA) is 46.5 Å². The van der Waals surface area contributed by atoms with Crippen LogP contribution in [0.5, 0.6) is 0 Å². The first kappa shape index (κ1) is 10.3. The molecule has 0 amide bonds. The van der Waals surface area contributed by atoms with Gasteiger partial charge in [-0.3, -0.25) is 4.79 Å². The summed E-state index contributed by atoms with van der Waals surface area (Å²) in [5.41, 5.74) is 0. The van der Waals surface area contributed by atoms with E-state index in [-0.39, 0.29) is 6.10 Å². The van der Waals surface area contributed by atoms with Crippen molar-refractivity contribution in [2.75, 3.05) is 6.61 Å². The highest BCUT2D eigenvalue weighted by Gasteiger charge is 2.12. The lowest BCUT2D eigenvalue weighted by molar-refractivity contribution is -0.130. The van der Waals surface area contributed by atoms with Gasteiger partial charge in [-0.05, 0) is 31.6 Å². The van der Waals surface area contributed by atoms with Crippen LogP contribution in [-0.4, -0.2) is 24.3 Å². The van der Waals surface area contributed by atoms with Crippen molar-refractivity contribution in [2.45, 2.75) is 31.8 Å². The molecule has 0 fully saturated rings. The molecule has 1 aliphatic rings. The number of ether oxygens (including phenoxy) is 1. The Morgan fingerprint density at radius 2 is 2.31 bits per heavy atom. The number of carbonyl (C=O) groups excluding carboxylic acids is 1. The summed E-state index contributed by atoms with van der Waals surface area (Å²) in [7, 11) is 0. The average Bonchev–Trinajstić information content (AvgIpc) is 2.11. The molecule has 0 heterocycles. The predicted molar refractivity (Wildman–Crippen MR) is 49.1 cm³/mol. The number of carbonyl (C=O) groups is 1. The van der Waals surface area contributed by atoms with Gasteiger partial charge in [-0.15, -0.1) is 0 Å². The average molecular weight is 184 g/mol. The highest BCUT2D eigenvalue weighted by atomic mass is 16.5. The van der Waals surface area contributed by atoms with Gasteiger partial charge in [0.1, 0.15) is 0 Å². The minimum absolute atomic E-state index is 0.320. The number of hydrogen-bond donors (Lipinski definition) is 1. The minimum atomic E-state index is -0.320. The van der Waals surface area contributed by atoms with Crippen molar-refractivity contribution in [2.24, 2.45) is 5.92 Å². The Hall–Kier alpha value is -0.830. The second-order valence-corrected chi connectivity index (χ2v) is 3.45. The van der Waals surface area contributed by atoms with E-state index in [1.54, 1.807) is 0 Å². The Balaban J connectivity index is 2.31. The first-order chi connectivity index (χ1) is 6.33. The van der Waals surface area contributed by atoms with E-state index >= 15 is 0 Å². The maximum absolute atomic E-state index is 9.98. The Morgan fingerprint density at radius 1 is 1.46 bits per heavy atom. The summed E-state index contributed by atoms with van der Waals surface area (Å²) in [6.07, 6.45) is 7.22. The zero-order valence-electron chi connectivity index (χ0n) is 7.69. The van der Waals surface area contributed by atoms with E-state index < -0.39 is 0 Å². The van der Waals surface area contributed by atoms with Gasteiger partial charge >= 0.3 is 0 Å². The van der Waals surface area contributed by atoms with E-state index in [1.807, 2.05) is 12.2 Å². The third-order valence-electron chi connectivity index (χ3n) is 2.37. The van der Waals surface area contributed by atoms with Gasteiger partial charge in [0, 0.05) is 0 Å². The molecule has 3 heteroatoms. The fourth-order valence-electron chi connectivity index (χ4n) is 1.57. The molecule has 3 nitrogen and oxygen atoms in total. The summed E-state index contributed by atoms with van der Waals surface area (Å²) in [6, 6.07) is 0. The molecule has 0 spiro atoms. The first-order valence-electron chi connectivity index (χ1n) is 4.73. The van der Waals surface area contributed by atoms with Crippen LogP contribution in [0.3, 0.4) is 0 Å². The van der Waals surface area contributed by atoms with Crippen LogP contribution < -0.4 is 0 Å². The third kappa shape index (κ3) is 4.08. The summed E-state index contributed by atoms with van der Waals surface area (Å²) < 4.78 is 4.72. The maximum atomic E-state index is 9.98. The third-order valence-corrected chi connectivity index (χ3v) is 2.37. The molecule has 1 N–H and O–H groups in total. The van der Waals surface area contributed by atoms with Gasteiger partial charge in [0.2, 0.25) is 0 Å². The van der Waals surface area contributed by atoms with E-state index in [9.17, 15) is 9.90 Å². The zero-order chi connectivity index (χ0) is 9.52. The van der Waals surface area contributed by atoms with Gasteiger partial charge in [-0.25, -0.2) is 0 Å². The summed E-state index contributed by atoms with van der Waals surface area (Å²) in [5.74, 6) is 0.407. The first-order valence-corrected chi connectivity index (χ1v) is 4.73. The van der Waals surface area contributed by atoms with E-state index in [1.165, 1.54) is 0 Å². The number of allylic oxidation sites excluding steroid dienone is 1. The van der Waals surface area contributed by atoms with Crippen molar-refractivity contribution in [1.29, 1.82) is 0 Å². The van der Waals surface area contributed by atoms with Crippen LogP contribution in [-0.2, 0) is 9.53 Å². The summed E-state index contributed by atoms with van der Waals surface area (Å²) in [4.78, 5) is 9.98. The van der Waals surface area contributed by atoms with Crippen molar-refractivity contribution in [1.82, 2.24) is 0 Å². The van der Waals surface area contributed by atoms with Crippen molar-refractivity contribution < 1.29 is 14.6 Å². The summed E-state index contributed by atoms with van der Waals surface area (Å²) in [5, 5.41) is 9.36. The molecule has 0 unspecified atom stereocenters. The summed E-state index contributed by atoms with van der Waals surface area (Å²) in [6.45, 7) is 0.981. The number of hydrogen-bond acceptors (Lipinski definition) is 3. The lowest BCUT2D eigenvalue weighted by Crippen LogP contribution is -2.14. The van der Waals surface area contributed by atoms with Gasteiger partial charge in [0.05, 0.1) is 12.7 Å². The molecule has 0 saturated carbocycles. The van der Waals surface area contributed by atoms with Crippen molar-refractivity contribution in [3.8, 4) is 0 Å². The SMILES string of the molecule is O=COC[C@@H]1CC/C=C/[C@@H](O)CC1. The molecule has 2 atom stereocenters. The van der Waals surface area contributed by atoms with Crippen LogP contribution in [0.1, 0.15) is 25.7 Å². The van der Waals surface area contributed by atoms with Crippen molar-refractivity contribution in [3.05, 3.63) is 12.2 Å². The van der Waals surface area contributed by atoms with E-state index in [4.69, 9.17) is 4.74 Å². The van der Waals surface area contributed by atoms with Crippen molar-refractivity contribution in [3.63, 3.8) is 0 Å². The normalized spacial score (nSPS) is 31.5. The molecule has 0 aliphatic heterocycles. The smallest absolute Gasteiger partial charge is 0.293 e. The van der Waals surface area contributed by atoms with E-state index in [0.29, 0.717) is 19.0 Å². The summed E-state index contributed by atoms with van der Waals surface area (Å²) >= 11 is 0. The molecule has 0 aromatic rings. The van der Waals surface area contributed by atoms with Crippen LogP contribution in [0.2, 0.25) is 0 Å². The van der Waals surface area contributed by atoms with Crippen LogP contribution >= 0.6 is 0 Å². The van der Waals surface area contributed by atoms with Gasteiger partial charge in [0.25, 0.3) is 6.47 Å². The fourth-order valence-corrected chi connectivity index (χ4v) is 1.57. The van der Waals surface area contributed by atoms with Crippen LogP contribution in [0.25, 0.3) is 0 Å². The molecular formula is C10H16O3. The Morgan fingerprint density at radius 3 is 3.08 bits per heavy atom. The predicted octanol–water partition coefficient (Wildman–Crippen LogP) is 1.27. The lowest BCUT2D eigenvalue weighted by Gasteiger charge is -2.18. The number of aliphatic hydroxyl groups excluding tert-OH is 1. The lowest BCUT2D eigenvalue weighted by atomic mass is 9.94. The molecular weight excluding hydrogens is 168 g/mol. The quantitative estimate of drug-likeness (QED) is 0.530. The maximum Gasteiger partial charge on any atom is 0.293 e. The zero-order valence-corrected chi connectivity index (χ0v) is 7.69. The molecule has 1 rings (SSSR count). The van der Waals surface area contributed by atoms with Crippen LogP contribution in [0, 0.1) is 5.92 Å². The molecule has 1 aliphatic carbocycles. The number of aliphatic hydroxyl groups is 1. The second kappa shape index (κ2) is 5.75. The molecule has 0 aromatic carbocycles. The van der Waals surface area contributed by atoms with Crippen LogP contribution in [0.15, 0.2) is 12.2 Å². The van der Waals surface area contributed by atoms with Gasteiger partial charge in [-0.2, -0.15) is 0 Å². The monoisotopic (exact) mass is 184 g/mol. The molecule has 0 bridgehead atoms. The standard InChI is InChI=1S/C10H16O3/c11-8-13-7-9-3-1-2-4-10(12)6-5-9/h2,4,8-10,12H,1,3,5-7H2/b4-2+/t9-,10-/m1/s1. The Labute approximate surface area is 78.4 Å². The Bertz CT molecular complexity index is 177. The number of rotatable bonds is 3. The largest absolute Gasteiger partial charge is 0.468 e.